The third-order valence-electron chi connectivity index (χ3n) is 5.48. The van der Waals surface area contributed by atoms with Crippen LogP contribution in [-0.4, -0.2) is 54.5 Å². The topological polar surface area (TPSA) is 49.6 Å². The first kappa shape index (κ1) is 15.8. The molecule has 2 atom stereocenters. The molecule has 0 aromatic carbocycles. The Morgan fingerprint density at radius 1 is 1.35 bits per heavy atom. The van der Waals surface area contributed by atoms with Crippen molar-refractivity contribution >= 4 is 5.91 Å². The Hall–Kier alpha value is -0.610. The molecule has 1 aliphatic heterocycles. The molecule has 2 N–H and O–H groups in total. The van der Waals surface area contributed by atoms with Crippen LogP contribution in [0.25, 0.3) is 0 Å². The maximum atomic E-state index is 12.8. The lowest BCUT2D eigenvalue weighted by Crippen LogP contribution is -2.53. The van der Waals surface area contributed by atoms with Gasteiger partial charge in [0.25, 0.3) is 0 Å². The third kappa shape index (κ3) is 3.01. The largest absolute Gasteiger partial charge is 0.342 e. The van der Waals surface area contributed by atoms with E-state index in [1.807, 2.05) is 11.9 Å². The molecule has 1 saturated heterocycles. The summed E-state index contributed by atoms with van der Waals surface area (Å²) in [6.07, 6.45) is 6.46. The SMILES string of the molecule is CCCN1CCC(N(C)C(=O)C2(C)CCCC2N)CC1. The Bertz CT molecular complexity index is 339. The molecule has 0 spiro atoms. The lowest BCUT2D eigenvalue weighted by molar-refractivity contribution is -0.143. The molecule has 0 bridgehead atoms. The minimum atomic E-state index is -0.324. The van der Waals surface area contributed by atoms with Crippen molar-refractivity contribution in [2.45, 2.75) is 64.5 Å². The van der Waals surface area contributed by atoms with Gasteiger partial charge in [-0.25, -0.2) is 0 Å². The van der Waals surface area contributed by atoms with E-state index in [9.17, 15) is 4.79 Å². The van der Waals surface area contributed by atoms with Crippen LogP contribution in [0.5, 0.6) is 0 Å². The second-order valence-corrected chi connectivity index (χ2v) is 6.91. The van der Waals surface area contributed by atoms with Crippen LogP contribution in [0.15, 0.2) is 0 Å². The summed E-state index contributed by atoms with van der Waals surface area (Å²) in [7, 11) is 1.98. The number of hydrogen-bond acceptors (Lipinski definition) is 3. The summed E-state index contributed by atoms with van der Waals surface area (Å²) < 4.78 is 0. The molecule has 0 aromatic rings. The number of nitrogens with two attached hydrogens (primary N) is 1. The van der Waals surface area contributed by atoms with E-state index in [4.69, 9.17) is 5.73 Å². The first-order valence-corrected chi connectivity index (χ1v) is 8.24. The molecule has 2 rings (SSSR count). The molecule has 0 aromatic heterocycles. The van der Waals surface area contributed by atoms with Gasteiger partial charge in [-0.1, -0.05) is 13.3 Å². The standard InChI is InChI=1S/C16H31N3O/c1-4-10-19-11-7-13(8-12-19)18(3)15(20)16(2)9-5-6-14(16)17/h13-14H,4-12,17H2,1-3H3. The number of carbonyl (C=O) groups excluding carboxylic acids is 1. The van der Waals surface area contributed by atoms with Crippen LogP contribution >= 0.6 is 0 Å². The zero-order valence-corrected chi connectivity index (χ0v) is 13.4. The Morgan fingerprint density at radius 3 is 2.50 bits per heavy atom. The summed E-state index contributed by atoms with van der Waals surface area (Å²) >= 11 is 0. The average molecular weight is 281 g/mol. The highest BCUT2D eigenvalue weighted by atomic mass is 16.2. The summed E-state index contributed by atoms with van der Waals surface area (Å²) in [6, 6.07) is 0.442. The number of carbonyl (C=O) groups is 1. The molecule has 116 valence electrons. The number of hydrogen-bond donors (Lipinski definition) is 1. The van der Waals surface area contributed by atoms with Crippen molar-refractivity contribution in [2.24, 2.45) is 11.1 Å². The number of nitrogens with zero attached hydrogens (tertiary/aromatic N) is 2. The molecule has 20 heavy (non-hydrogen) atoms. The van der Waals surface area contributed by atoms with Gasteiger partial charge in [-0.2, -0.15) is 0 Å². The fourth-order valence-corrected chi connectivity index (χ4v) is 3.87. The average Bonchev–Trinajstić information content (AvgIpc) is 2.79. The Morgan fingerprint density at radius 2 is 2.00 bits per heavy atom. The van der Waals surface area contributed by atoms with Gasteiger partial charge in [0.2, 0.25) is 5.91 Å². The van der Waals surface area contributed by atoms with Crippen LogP contribution in [0.1, 0.15) is 52.4 Å². The van der Waals surface area contributed by atoms with E-state index in [1.54, 1.807) is 0 Å². The molecule has 1 heterocycles. The smallest absolute Gasteiger partial charge is 0.230 e. The Labute approximate surface area is 123 Å². The molecule has 4 nitrogen and oxygen atoms in total. The number of rotatable bonds is 4. The summed E-state index contributed by atoms with van der Waals surface area (Å²) in [4.78, 5) is 17.3. The summed E-state index contributed by atoms with van der Waals surface area (Å²) in [5, 5.41) is 0. The van der Waals surface area contributed by atoms with Crippen molar-refractivity contribution in [2.75, 3.05) is 26.7 Å². The maximum Gasteiger partial charge on any atom is 0.230 e. The van der Waals surface area contributed by atoms with Crippen molar-refractivity contribution in [1.82, 2.24) is 9.80 Å². The van der Waals surface area contributed by atoms with Gasteiger partial charge < -0.3 is 15.5 Å². The molecular weight excluding hydrogens is 250 g/mol. The molecule has 1 aliphatic carbocycles. The first-order chi connectivity index (χ1) is 9.49. The fraction of sp³-hybridized carbons (Fsp3) is 0.938. The van der Waals surface area contributed by atoms with Gasteiger partial charge in [-0.15, -0.1) is 0 Å². The number of likely N-dealkylation sites (tertiary alicyclic amines) is 1. The van der Waals surface area contributed by atoms with Crippen LogP contribution < -0.4 is 5.73 Å². The highest BCUT2D eigenvalue weighted by Gasteiger charge is 2.45. The molecule has 4 heteroatoms. The predicted molar refractivity (Wildman–Crippen MR) is 82.5 cm³/mol. The molecule has 2 fully saturated rings. The van der Waals surface area contributed by atoms with Gasteiger partial charge in [0, 0.05) is 32.2 Å². The van der Waals surface area contributed by atoms with Crippen molar-refractivity contribution in [3.8, 4) is 0 Å². The van der Waals surface area contributed by atoms with Crippen LogP contribution in [0, 0.1) is 5.41 Å². The lowest BCUT2D eigenvalue weighted by Gasteiger charge is -2.40. The second kappa shape index (κ2) is 6.44. The molecular formula is C16H31N3O. The van der Waals surface area contributed by atoms with Crippen LogP contribution in [0.3, 0.4) is 0 Å². The Kier molecular flexibility index (Phi) is 5.08. The summed E-state index contributed by atoms with van der Waals surface area (Å²) in [5.74, 6) is 0.274. The minimum absolute atomic E-state index is 0.0395. The maximum absolute atomic E-state index is 12.8. The number of amides is 1. The van der Waals surface area contributed by atoms with Gasteiger partial charge in [-0.05, 0) is 45.6 Å². The van der Waals surface area contributed by atoms with E-state index in [0.717, 1.165) is 45.2 Å². The number of piperidine rings is 1. The van der Waals surface area contributed by atoms with E-state index >= 15 is 0 Å². The fourth-order valence-electron chi connectivity index (χ4n) is 3.87. The molecule has 2 aliphatic rings. The zero-order chi connectivity index (χ0) is 14.8. The van der Waals surface area contributed by atoms with E-state index < -0.39 is 0 Å². The molecule has 0 radical (unpaired) electrons. The van der Waals surface area contributed by atoms with E-state index in [1.165, 1.54) is 13.0 Å². The van der Waals surface area contributed by atoms with Gasteiger partial charge in [0.1, 0.15) is 0 Å². The quantitative estimate of drug-likeness (QED) is 0.855. The second-order valence-electron chi connectivity index (χ2n) is 6.91. The Balaban J connectivity index is 1.91. The van der Waals surface area contributed by atoms with Crippen molar-refractivity contribution in [1.29, 1.82) is 0 Å². The lowest BCUT2D eigenvalue weighted by atomic mass is 9.83. The molecule has 1 amide bonds. The normalized spacial score (nSPS) is 32.5. The van der Waals surface area contributed by atoms with Gasteiger partial charge in [0.15, 0.2) is 0 Å². The van der Waals surface area contributed by atoms with E-state index in [-0.39, 0.29) is 17.4 Å². The van der Waals surface area contributed by atoms with Crippen molar-refractivity contribution < 1.29 is 4.79 Å². The highest BCUT2D eigenvalue weighted by Crippen LogP contribution is 2.39. The minimum Gasteiger partial charge on any atom is -0.342 e. The van der Waals surface area contributed by atoms with Crippen LogP contribution in [0.4, 0.5) is 0 Å². The van der Waals surface area contributed by atoms with E-state index in [2.05, 4.69) is 18.7 Å². The van der Waals surface area contributed by atoms with Crippen molar-refractivity contribution in [3.05, 3.63) is 0 Å². The third-order valence-corrected chi connectivity index (χ3v) is 5.48. The predicted octanol–water partition coefficient (Wildman–Crippen LogP) is 1.84. The van der Waals surface area contributed by atoms with Crippen molar-refractivity contribution in [3.63, 3.8) is 0 Å². The van der Waals surface area contributed by atoms with Crippen LogP contribution in [0.2, 0.25) is 0 Å². The van der Waals surface area contributed by atoms with E-state index in [0.29, 0.717) is 6.04 Å². The zero-order valence-electron chi connectivity index (χ0n) is 13.4. The van der Waals surface area contributed by atoms with Gasteiger partial charge >= 0.3 is 0 Å². The molecule has 1 saturated carbocycles. The van der Waals surface area contributed by atoms with Gasteiger partial charge in [0.05, 0.1) is 5.41 Å². The summed E-state index contributed by atoms with van der Waals surface area (Å²) in [5.41, 5.74) is 5.86. The summed E-state index contributed by atoms with van der Waals surface area (Å²) in [6.45, 7) is 7.73. The molecule has 2 unspecified atom stereocenters. The van der Waals surface area contributed by atoms with Crippen LogP contribution in [-0.2, 0) is 4.79 Å². The monoisotopic (exact) mass is 281 g/mol. The van der Waals surface area contributed by atoms with Gasteiger partial charge in [-0.3, -0.25) is 4.79 Å². The highest BCUT2D eigenvalue weighted by molar-refractivity contribution is 5.83. The first-order valence-electron chi connectivity index (χ1n) is 8.24.